The van der Waals surface area contributed by atoms with E-state index in [-0.39, 0.29) is 17.9 Å². The molecule has 1 aliphatic rings. The average Bonchev–Trinajstić information content (AvgIpc) is 2.88. The number of nitrogens with one attached hydrogen (secondary N) is 1. The fraction of sp³-hybridized carbons (Fsp3) is 0.300. The van der Waals surface area contributed by atoms with E-state index in [1.165, 1.54) is 0 Å². The van der Waals surface area contributed by atoms with Gasteiger partial charge in [0, 0.05) is 23.8 Å². The van der Waals surface area contributed by atoms with Crippen molar-refractivity contribution < 1.29 is 9.59 Å². The summed E-state index contributed by atoms with van der Waals surface area (Å²) in [5.74, 6) is -0.171. The van der Waals surface area contributed by atoms with Crippen molar-refractivity contribution >= 4 is 23.2 Å². The van der Waals surface area contributed by atoms with Crippen LogP contribution in [0.15, 0.2) is 54.6 Å². The highest BCUT2D eigenvalue weighted by molar-refractivity contribution is 6.02. The number of benzene rings is 2. The van der Waals surface area contributed by atoms with E-state index in [9.17, 15) is 9.59 Å². The minimum Gasteiger partial charge on any atom is -0.399 e. The molecule has 3 rings (SSSR count). The number of amides is 2. The Hall–Kier alpha value is -2.82. The third-order valence-corrected chi connectivity index (χ3v) is 4.60. The molecule has 0 aliphatic carbocycles. The highest BCUT2D eigenvalue weighted by Crippen LogP contribution is 2.26. The Labute approximate surface area is 147 Å². The van der Waals surface area contributed by atoms with Gasteiger partial charge in [0.05, 0.1) is 0 Å². The van der Waals surface area contributed by atoms with Crippen LogP contribution >= 0.6 is 0 Å². The van der Waals surface area contributed by atoms with Gasteiger partial charge >= 0.3 is 0 Å². The van der Waals surface area contributed by atoms with Crippen LogP contribution in [-0.2, 0) is 16.0 Å². The number of anilines is 2. The van der Waals surface area contributed by atoms with Crippen molar-refractivity contribution in [3.8, 4) is 0 Å². The lowest BCUT2D eigenvalue weighted by molar-refractivity contribution is -0.126. The van der Waals surface area contributed by atoms with Crippen LogP contribution in [0.1, 0.15) is 25.3 Å². The van der Waals surface area contributed by atoms with E-state index in [1.807, 2.05) is 61.5 Å². The van der Waals surface area contributed by atoms with Crippen molar-refractivity contribution in [3.05, 3.63) is 60.2 Å². The van der Waals surface area contributed by atoms with Gasteiger partial charge in [0.15, 0.2) is 0 Å². The molecule has 0 bridgehead atoms. The quantitative estimate of drug-likeness (QED) is 0.823. The summed E-state index contributed by atoms with van der Waals surface area (Å²) in [6.07, 6.45) is 1.50. The monoisotopic (exact) mass is 337 g/mol. The smallest absolute Gasteiger partial charge is 0.249 e. The topological polar surface area (TPSA) is 75.4 Å². The Morgan fingerprint density at radius 1 is 1.16 bits per heavy atom. The molecular formula is C20H23N3O2. The van der Waals surface area contributed by atoms with Gasteiger partial charge in [0.1, 0.15) is 6.04 Å². The number of nitrogens with zero attached hydrogens (tertiary/aromatic N) is 1. The summed E-state index contributed by atoms with van der Waals surface area (Å²) >= 11 is 0. The second-order valence-corrected chi connectivity index (χ2v) is 6.45. The van der Waals surface area contributed by atoms with Crippen LogP contribution in [0.4, 0.5) is 11.4 Å². The molecule has 0 aromatic heterocycles. The number of carbonyl (C=O) groups is 2. The third kappa shape index (κ3) is 3.82. The molecule has 3 N–H and O–H groups in total. The average molecular weight is 337 g/mol. The standard InChI is InChI=1S/C20H23N3O2/c1-14-13-18(20(25)23(14)16-8-3-2-4-9-16)22-19(24)12-11-15-7-5-6-10-17(15)21/h2-10,14,18H,11-13,21H2,1H3,(H,22,24)/t14-,18+/m1/s1. The van der Waals surface area contributed by atoms with Crippen molar-refractivity contribution in [3.63, 3.8) is 0 Å². The van der Waals surface area contributed by atoms with Gasteiger partial charge in [-0.3, -0.25) is 9.59 Å². The maximum Gasteiger partial charge on any atom is 0.249 e. The molecule has 130 valence electrons. The second-order valence-electron chi connectivity index (χ2n) is 6.45. The summed E-state index contributed by atoms with van der Waals surface area (Å²) < 4.78 is 0. The molecule has 0 unspecified atom stereocenters. The summed E-state index contributed by atoms with van der Waals surface area (Å²) in [6, 6.07) is 16.7. The third-order valence-electron chi connectivity index (χ3n) is 4.60. The number of nitrogens with two attached hydrogens (primary N) is 1. The summed E-state index contributed by atoms with van der Waals surface area (Å²) in [4.78, 5) is 26.7. The summed E-state index contributed by atoms with van der Waals surface area (Å²) in [5.41, 5.74) is 8.41. The van der Waals surface area contributed by atoms with Crippen LogP contribution in [0.3, 0.4) is 0 Å². The molecule has 25 heavy (non-hydrogen) atoms. The predicted octanol–water partition coefficient (Wildman–Crippen LogP) is 2.51. The lowest BCUT2D eigenvalue weighted by atomic mass is 10.1. The van der Waals surface area contributed by atoms with Crippen LogP contribution < -0.4 is 16.0 Å². The first kappa shape index (κ1) is 17.0. The van der Waals surface area contributed by atoms with Crippen LogP contribution in [0.5, 0.6) is 0 Å². The van der Waals surface area contributed by atoms with Gasteiger partial charge in [-0.05, 0) is 43.5 Å². The molecule has 1 saturated heterocycles. The molecule has 1 fully saturated rings. The maximum absolute atomic E-state index is 12.7. The van der Waals surface area contributed by atoms with Crippen molar-refractivity contribution in [2.45, 2.75) is 38.3 Å². The summed E-state index contributed by atoms with van der Waals surface area (Å²) in [7, 11) is 0. The molecule has 5 heteroatoms. The zero-order chi connectivity index (χ0) is 17.8. The van der Waals surface area contributed by atoms with Gasteiger partial charge < -0.3 is 16.0 Å². The summed E-state index contributed by atoms with van der Waals surface area (Å²) in [6.45, 7) is 2.00. The maximum atomic E-state index is 12.7. The van der Waals surface area contributed by atoms with Gasteiger partial charge in [-0.25, -0.2) is 0 Å². The zero-order valence-corrected chi connectivity index (χ0v) is 14.3. The van der Waals surface area contributed by atoms with Gasteiger partial charge in [-0.1, -0.05) is 36.4 Å². The zero-order valence-electron chi connectivity index (χ0n) is 14.3. The van der Waals surface area contributed by atoms with E-state index in [4.69, 9.17) is 5.73 Å². The lowest BCUT2D eigenvalue weighted by Crippen LogP contribution is -2.42. The van der Waals surface area contributed by atoms with Crippen LogP contribution in [0.2, 0.25) is 0 Å². The van der Waals surface area contributed by atoms with E-state index in [0.717, 1.165) is 11.3 Å². The second kappa shape index (κ2) is 7.38. The molecule has 1 aliphatic heterocycles. The molecular weight excluding hydrogens is 314 g/mol. The Balaban J connectivity index is 1.59. The largest absolute Gasteiger partial charge is 0.399 e. The van der Waals surface area contributed by atoms with E-state index in [0.29, 0.717) is 24.9 Å². The van der Waals surface area contributed by atoms with Crippen molar-refractivity contribution in [1.82, 2.24) is 5.32 Å². The first-order valence-corrected chi connectivity index (χ1v) is 8.57. The van der Waals surface area contributed by atoms with Crippen molar-refractivity contribution in [2.75, 3.05) is 10.6 Å². The Kier molecular flexibility index (Phi) is 5.03. The van der Waals surface area contributed by atoms with Crippen LogP contribution in [0, 0.1) is 0 Å². The SMILES string of the molecule is C[C@@H]1C[C@H](NC(=O)CCc2ccccc2N)C(=O)N1c1ccccc1. The fourth-order valence-electron chi connectivity index (χ4n) is 3.30. The highest BCUT2D eigenvalue weighted by Gasteiger charge is 2.38. The number of aryl methyl sites for hydroxylation is 1. The number of rotatable bonds is 5. The number of para-hydroxylation sites is 2. The van der Waals surface area contributed by atoms with Gasteiger partial charge in [-0.15, -0.1) is 0 Å². The predicted molar refractivity (Wildman–Crippen MR) is 99.1 cm³/mol. The number of nitrogen functional groups attached to an aromatic ring is 1. The molecule has 1 heterocycles. The van der Waals surface area contributed by atoms with E-state index in [1.54, 1.807) is 4.90 Å². The highest BCUT2D eigenvalue weighted by atomic mass is 16.2. The normalized spacial score (nSPS) is 19.9. The Morgan fingerprint density at radius 2 is 1.84 bits per heavy atom. The van der Waals surface area contributed by atoms with Crippen LogP contribution in [0.25, 0.3) is 0 Å². The molecule has 5 nitrogen and oxygen atoms in total. The number of hydrogen-bond donors (Lipinski definition) is 2. The van der Waals surface area contributed by atoms with Gasteiger partial charge in [0.2, 0.25) is 11.8 Å². The molecule has 0 radical (unpaired) electrons. The van der Waals surface area contributed by atoms with Gasteiger partial charge in [0.25, 0.3) is 0 Å². The molecule has 2 amide bonds. The minimum absolute atomic E-state index is 0.0497. The van der Waals surface area contributed by atoms with Gasteiger partial charge in [-0.2, -0.15) is 0 Å². The van der Waals surface area contributed by atoms with E-state index < -0.39 is 6.04 Å². The number of carbonyl (C=O) groups excluding carboxylic acids is 2. The summed E-state index contributed by atoms with van der Waals surface area (Å²) in [5, 5.41) is 2.88. The van der Waals surface area contributed by atoms with Crippen molar-refractivity contribution in [1.29, 1.82) is 0 Å². The van der Waals surface area contributed by atoms with E-state index in [2.05, 4.69) is 5.32 Å². The number of hydrogen-bond acceptors (Lipinski definition) is 3. The van der Waals surface area contributed by atoms with Crippen LogP contribution in [-0.4, -0.2) is 23.9 Å². The molecule has 0 saturated carbocycles. The molecule has 2 aromatic rings. The molecule has 2 aromatic carbocycles. The first-order valence-electron chi connectivity index (χ1n) is 8.57. The first-order chi connectivity index (χ1) is 12.1. The molecule has 2 atom stereocenters. The lowest BCUT2D eigenvalue weighted by Gasteiger charge is -2.21. The Morgan fingerprint density at radius 3 is 2.56 bits per heavy atom. The van der Waals surface area contributed by atoms with E-state index >= 15 is 0 Å². The van der Waals surface area contributed by atoms with Crippen molar-refractivity contribution in [2.24, 2.45) is 0 Å². The Bertz CT molecular complexity index is 761. The fourth-order valence-corrected chi connectivity index (χ4v) is 3.30. The molecule has 0 spiro atoms. The minimum atomic E-state index is -0.462.